The smallest absolute Gasteiger partial charge is 0.282 e. The highest BCUT2D eigenvalue weighted by molar-refractivity contribution is 8.18. The Morgan fingerprint density at radius 2 is 1.75 bits per heavy atom. The molecule has 1 N–H and O–H groups in total. The molecule has 1 fully saturated rings. The Kier molecular flexibility index (Phi) is 3.23. The molecular weight excluding hydrogens is 269 g/mol. The van der Waals surface area contributed by atoms with Crippen molar-refractivity contribution in [2.45, 2.75) is 0 Å². The molecular formula is C10H5Cl2NO2S. The third-order valence-electron chi connectivity index (χ3n) is 1.82. The quantitative estimate of drug-likeness (QED) is 0.799. The van der Waals surface area contributed by atoms with Crippen LogP contribution in [-0.4, -0.2) is 11.1 Å². The van der Waals surface area contributed by atoms with Crippen LogP contribution in [0.25, 0.3) is 6.08 Å². The molecule has 2 rings (SSSR count). The van der Waals surface area contributed by atoms with E-state index in [-0.39, 0.29) is 5.24 Å². The van der Waals surface area contributed by atoms with Crippen LogP contribution in [0.15, 0.2) is 23.1 Å². The molecule has 0 spiro atoms. The van der Waals surface area contributed by atoms with Crippen LogP contribution in [0.5, 0.6) is 0 Å². The number of hydrogen-bond acceptors (Lipinski definition) is 3. The molecule has 1 heterocycles. The molecule has 16 heavy (non-hydrogen) atoms. The fraction of sp³-hybridized carbons (Fsp3) is 0. The molecule has 1 saturated heterocycles. The van der Waals surface area contributed by atoms with Gasteiger partial charge in [0.15, 0.2) is 0 Å². The van der Waals surface area contributed by atoms with Crippen molar-refractivity contribution >= 4 is 52.2 Å². The van der Waals surface area contributed by atoms with Crippen molar-refractivity contribution in [2.24, 2.45) is 0 Å². The van der Waals surface area contributed by atoms with Gasteiger partial charge in [0.05, 0.1) is 4.91 Å². The standard InChI is InChI=1S/C10H5Cl2NO2S/c11-6-1-5(2-7(12)4-6)3-8-9(14)13-10(15)16-8/h1-4H,(H,13,14,15)/b8-3-. The third-order valence-corrected chi connectivity index (χ3v) is 3.07. The maximum Gasteiger partial charge on any atom is 0.290 e. The number of carbonyl (C=O) groups excluding carboxylic acids is 2. The Bertz CT molecular complexity index is 493. The Balaban J connectivity index is 2.36. The summed E-state index contributed by atoms with van der Waals surface area (Å²) < 4.78 is 0. The summed E-state index contributed by atoms with van der Waals surface area (Å²) in [5.41, 5.74) is 0.685. The van der Waals surface area contributed by atoms with Gasteiger partial charge in [0.1, 0.15) is 0 Å². The Hall–Kier alpha value is -0.970. The van der Waals surface area contributed by atoms with Gasteiger partial charge in [-0.3, -0.25) is 14.9 Å². The van der Waals surface area contributed by atoms with E-state index in [0.717, 1.165) is 11.8 Å². The van der Waals surface area contributed by atoms with E-state index in [1.54, 1.807) is 24.3 Å². The second kappa shape index (κ2) is 4.49. The van der Waals surface area contributed by atoms with E-state index in [0.29, 0.717) is 20.5 Å². The Morgan fingerprint density at radius 3 is 2.25 bits per heavy atom. The highest BCUT2D eigenvalue weighted by Gasteiger charge is 2.24. The fourth-order valence-corrected chi connectivity index (χ4v) is 2.46. The molecule has 1 aliphatic rings. The predicted molar refractivity (Wildman–Crippen MR) is 65.6 cm³/mol. The lowest BCUT2D eigenvalue weighted by Crippen LogP contribution is -2.17. The SMILES string of the molecule is O=C1NC(=O)/C(=C/c2cc(Cl)cc(Cl)c2)S1. The van der Waals surface area contributed by atoms with E-state index >= 15 is 0 Å². The highest BCUT2D eigenvalue weighted by Crippen LogP contribution is 2.27. The van der Waals surface area contributed by atoms with E-state index < -0.39 is 5.91 Å². The lowest BCUT2D eigenvalue weighted by molar-refractivity contribution is -0.115. The van der Waals surface area contributed by atoms with Gasteiger partial charge < -0.3 is 0 Å². The molecule has 82 valence electrons. The van der Waals surface area contributed by atoms with E-state index in [4.69, 9.17) is 23.2 Å². The zero-order chi connectivity index (χ0) is 11.7. The minimum absolute atomic E-state index is 0.336. The fourth-order valence-electron chi connectivity index (χ4n) is 1.23. The molecule has 2 amide bonds. The lowest BCUT2D eigenvalue weighted by Gasteiger charge is -1.98. The minimum Gasteiger partial charge on any atom is -0.282 e. The van der Waals surface area contributed by atoms with Crippen molar-refractivity contribution in [3.05, 3.63) is 38.7 Å². The Labute approximate surface area is 106 Å². The van der Waals surface area contributed by atoms with Crippen LogP contribution in [0.1, 0.15) is 5.56 Å². The van der Waals surface area contributed by atoms with Crippen molar-refractivity contribution in [3.8, 4) is 0 Å². The van der Waals surface area contributed by atoms with E-state index in [1.165, 1.54) is 0 Å². The van der Waals surface area contributed by atoms with Crippen molar-refractivity contribution < 1.29 is 9.59 Å². The van der Waals surface area contributed by atoms with E-state index in [9.17, 15) is 9.59 Å². The number of thioether (sulfide) groups is 1. The molecule has 1 aromatic rings. The van der Waals surface area contributed by atoms with Gasteiger partial charge >= 0.3 is 0 Å². The topological polar surface area (TPSA) is 46.2 Å². The summed E-state index contributed by atoms with van der Waals surface area (Å²) in [5.74, 6) is -0.397. The summed E-state index contributed by atoms with van der Waals surface area (Å²) in [5, 5.41) is 2.76. The second-order valence-electron chi connectivity index (χ2n) is 3.06. The first-order valence-corrected chi connectivity index (χ1v) is 5.83. The number of amides is 2. The molecule has 6 heteroatoms. The number of benzene rings is 1. The van der Waals surface area contributed by atoms with Gasteiger partial charge in [0.2, 0.25) is 0 Å². The van der Waals surface area contributed by atoms with Crippen molar-refractivity contribution in [1.82, 2.24) is 5.32 Å². The molecule has 0 bridgehead atoms. The lowest BCUT2D eigenvalue weighted by atomic mass is 10.2. The minimum atomic E-state index is -0.397. The van der Waals surface area contributed by atoms with Crippen LogP contribution in [0.2, 0.25) is 10.0 Å². The first-order chi connectivity index (χ1) is 7.54. The third kappa shape index (κ3) is 2.58. The summed E-state index contributed by atoms with van der Waals surface area (Å²) in [6.07, 6.45) is 1.57. The summed E-state index contributed by atoms with van der Waals surface area (Å²) in [7, 11) is 0. The number of halogens is 2. The molecule has 0 aromatic heterocycles. The number of rotatable bonds is 1. The second-order valence-corrected chi connectivity index (χ2v) is 4.94. The molecule has 3 nitrogen and oxygen atoms in total. The Morgan fingerprint density at radius 1 is 1.12 bits per heavy atom. The van der Waals surface area contributed by atoms with Gasteiger partial charge in [-0.25, -0.2) is 0 Å². The summed E-state index contributed by atoms with van der Waals surface area (Å²) in [6.45, 7) is 0. The number of hydrogen-bond donors (Lipinski definition) is 1. The van der Waals surface area contributed by atoms with Gasteiger partial charge in [-0.1, -0.05) is 23.2 Å². The average Bonchev–Trinajstić information content (AvgIpc) is 2.43. The zero-order valence-electron chi connectivity index (χ0n) is 7.79. The van der Waals surface area contributed by atoms with Crippen LogP contribution in [0.3, 0.4) is 0 Å². The molecule has 0 unspecified atom stereocenters. The first kappa shape index (κ1) is 11.5. The molecule has 0 saturated carbocycles. The van der Waals surface area contributed by atoms with Gasteiger partial charge in [0, 0.05) is 10.0 Å². The van der Waals surface area contributed by atoms with Crippen LogP contribution >= 0.6 is 35.0 Å². The molecule has 0 atom stereocenters. The van der Waals surface area contributed by atoms with Gasteiger partial charge in [-0.15, -0.1) is 0 Å². The van der Waals surface area contributed by atoms with Crippen molar-refractivity contribution in [1.29, 1.82) is 0 Å². The molecule has 1 aliphatic heterocycles. The van der Waals surface area contributed by atoms with Crippen molar-refractivity contribution in [3.63, 3.8) is 0 Å². The van der Waals surface area contributed by atoms with E-state index in [1.807, 2.05) is 0 Å². The van der Waals surface area contributed by atoms with Gasteiger partial charge in [0.25, 0.3) is 11.1 Å². The monoisotopic (exact) mass is 273 g/mol. The normalized spacial score (nSPS) is 18.0. The van der Waals surface area contributed by atoms with Gasteiger partial charge in [-0.2, -0.15) is 0 Å². The number of nitrogens with one attached hydrogen (secondary N) is 1. The van der Waals surface area contributed by atoms with E-state index in [2.05, 4.69) is 5.32 Å². The average molecular weight is 274 g/mol. The molecule has 1 aromatic carbocycles. The van der Waals surface area contributed by atoms with Crippen LogP contribution in [0, 0.1) is 0 Å². The van der Waals surface area contributed by atoms with Crippen LogP contribution in [-0.2, 0) is 4.79 Å². The highest BCUT2D eigenvalue weighted by atomic mass is 35.5. The van der Waals surface area contributed by atoms with Crippen LogP contribution < -0.4 is 5.32 Å². The first-order valence-electron chi connectivity index (χ1n) is 4.25. The summed E-state index contributed by atoms with van der Waals surface area (Å²) in [6, 6.07) is 4.92. The van der Waals surface area contributed by atoms with Crippen LogP contribution in [0.4, 0.5) is 4.79 Å². The predicted octanol–water partition coefficient (Wildman–Crippen LogP) is 3.32. The largest absolute Gasteiger partial charge is 0.290 e. The number of carbonyl (C=O) groups is 2. The molecule has 0 aliphatic carbocycles. The number of imide groups is 1. The zero-order valence-corrected chi connectivity index (χ0v) is 10.1. The summed E-state index contributed by atoms with van der Waals surface area (Å²) in [4.78, 5) is 22.5. The maximum atomic E-state index is 11.3. The van der Waals surface area contributed by atoms with Crippen molar-refractivity contribution in [2.75, 3.05) is 0 Å². The molecule has 0 radical (unpaired) electrons. The summed E-state index contributed by atoms with van der Waals surface area (Å²) >= 11 is 12.5. The van der Waals surface area contributed by atoms with Gasteiger partial charge in [-0.05, 0) is 41.6 Å². The maximum absolute atomic E-state index is 11.3.